The van der Waals surface area contributed by atoms with E-state index in [1.54, 1.807) is 6.20 Å². The highest BCUT2D eigenvalue weighted by Crippen LogP contribution is 2.36. The molecule has 0 amide bonds. The molecule has 1 aliphatic carbocycles. The van der Waals surface area contributed by atoms with Crippen LogP contribution in [0.4, 0.5) is 5.69 Å². The molecule has 0 bridgehead atoms. The lowest BCUT2D eigenvalue weighted by Crippen LogP contribution is -2.20. The van der Waals surface area contributed by atoms with E-state index < -0.39 is 0 Å². The van der Waals surface area contributed by atoms with Crippen LogP contribution in [0.1, 0.15) is 69.9 Å². The Labute approximate surface area is 144 Å². The molecule has 5 heteroatoms. The fourth-order valence-electron chi connectivity index (χ4n) is 2.54. The number of aromatic nitrogens is 1. The van der Waals surface area contributed by atoms with Crippen molar-refractivity contribution in [3.63, 3.8) is 0 Å². The number of ketones is 1. The van der Waals surface area contributed by atoms with Crippen LogP contribution in [0.5, 0.6) is 0 Å². The summed E-state index contributed by atoms with van der Waals surface area (Å²) in [5.41, 5.74) is 2.65. The molecule has 24 heavy (non-hydrogen) atoms. The van der Waals surface area contributed by atoms with Crippen molar-refractivity contribution in [3.8, 4) is 0 Å². The van der Waals surface area contributed by atoms with Crippen LogP contribution in [0.15, 0.2) is 12.3 Å². The Kier molecular flexibility index (Phi) is 5.31. The van der Waals surface area contributed by atoms with E-state index in [0.717, 1.165) is 23.5 Å². The molecule has 0 unspecified atom stereocenters. The number of nitrogens with one attached hydrogen (secondary N) is 1. The first-order chi connectivity index (χ1) is 11.1. The Balaban J connectivity index is 0.000000256. The third kappa shape index (κ3) is 5.05. The average molecular weight is 332 g/mol. The summed E-state index contributed by atoms with van der Waals surface area (Å²) in [6.07, 6.45) is 4.88. The molecule has 0 radical (unpaired) electrons. The van der Waals surface area contributed by atoms with E-state index in [9.17, 15) is 9.59 Å². The second-order valence-electron chi connectivity index (χ2n) is 8.25. The van der Waals surface area contributed by atoms with Crippen LogP contribution in [-0.4, -0.2) is 29.4 Å². The minimum Gasteiger partial charge on any atom is -0.462 e. The molecule has 0 spiro atoms. The highest BCUT2D eigenvalue weighted by molar-refractivity contribution is 5.97. The standard InChI is InChI=1S/C14H18N2O.C5H10O2/c1-14(2)8-16-11-6-10(7-15-13(11)14)12(17)5-9-3-4-9;1-5(2,3)7-4-6/h6-7,9,16H,3-5,8H2,1-2H3;4H,1-3H3. The molecule has 3 rings (SSSR count). The minimum atomic E-state index is -0.318. The number of pyridine rings is 1. The van der Waals surface area contributed by atoms with Gasteiger partial charge in [0.25, 0.3) is 6.47 Å². The van der Waals surface area contributed by atoms with E-state index in [-0.39, 0.29) is 16.8 Å². The van der Waals surface area contributed by atoms with Crippen LogP contribution >= 0.6 is 0 Å². The van der Waals surface area contributed by atoms with E-state index in [4.69, 9.17) is 0 Å². The van der Waals surface area contributed by atoms with Gasteiger partial charge in [-0.3, -0.25) is 14.6 Å². The molecule has 2 heterocycles. The predicted octanol–water partition coefficient (Wildman–Crippen LogP) is 3.73. The van der Waals surface area contributed by atoms with Gasteiger partial charge < -0.3 is 10.1 Å². The maximum Gasteiger partial charge on any atom is 0.293 e. The first kappa shape index (κ1) is 18.4. The molecule has 1 aromatic rings. The van der Waals surface area contributed by atoms with Crippen molar-refractivity contribution < 1.29 is 14.3 Å². The quantitative estimate of drug-likeness (QED) is 0.672. The smallest absolute Gasteiger partial charge is 0.293 e. The number of ether oxygens (including phenoxy) is 1. The van der Waals surface area contributed by atoms with E-state index >= 15 is 0 Å². The van der Waals surface area contributed by atoms with Gasteiger partial charge in [0, 0.05) is 30.1 Å². The number of Topliss-reactive ketones (excluding diaryl/α,β-unsaturated/α-hetero) is 1. The zero-order chi connectivity index (χ0) is 18.0. The van der Waals surface area contributed by atoms with Gasteiger partial charge in [-0.2, -0.15) is 0 Å². The highest BCUT2D eigenvalue weighted by Gasteiger charge is 2.32. The van der Waals surface area contributed by atoms with Gasteiger partial charge in [-0.1, -0.05) is 13.8 Å². The number of carbonyl (C=O) groups is 2. The molecule has 0 saturated heterocycles. The second-order valence-corrected chi connectivity index (χ2v) is 8.25. The maximum atomic E-state index is 12.0. The molecule has 1 aromatic heterocycles. The number of rotatable bonds is 4. The van der Waals surface area contributed by atoms with E-state index in [2.05, 4.69) is 28.9 Å². The Morgan fingerprint density at radius 2 is 2.08 bits per heavy atom. The molecule has 0 atom stereocenters. The zero-order valence-corrected chi connectivity index (χ0v) is 15.3. The lowest BCUT2D eigenvalue weighted by atomic mass is 9.91. The monoisotopic (exact) mass is 332 g/mol. The Morgan fingerprint density at radius 1 is 1.42 bits per heavy atom. The maximum absolute atomic E-state index is 12.0. The minimum absolute atomic E-state index is 0.0768. The van der Waals surface area contributed by atoms with Crippen molar-refractivity contribution in [3.05, 3.63) is 23.5 Å². The molecule has 132 valence electrons. The third-order valence-electron chi connectivity index (χ3n) is 4.14. The van der Waals surface area contributed by atoms with E-state index in [1.807, 2.05) is 26.8 Å². The SMILES string of the molecule is CC(C)(C)OC=O.CC1(C)CNc2cc(C(=O)CC3CC3)cnc21. The lowest BCUT2D eigenvalue weighted by Gasteiger charge is -2.15. The summed E-state index contributed by atoms with van der Waals surface area (Å²) in [6, 6.07) is 1.97. The Hall–Kier alpha value is -1.91. The van der Waals surface area contributed by atoms with Gasteiger partial charge in [0.05, 0.1) is 11.4 Å². The highest BCUT2D eigenvalue weighted by atomic mass is 16.5. The second kappa shape index (κ2) is 6.91. The molecule has 2 aliphatic rings. The summed E-state index contributed by atoms with van der Waals surface area (Å²) in [5, 5.41) is 3.34. The topological polar surface area (TPSA) is 68.3 Å². The largest absolute Gasteiger partial charge is 0.462 e. The van der Waals surface area contributed by atoms with Gasteiger partial charge in [-0.25, -0.2) is 0 Å². The summed E-state index contributed by atoms with van der Waals surface area (Å²) in [7, 11) is 0. The summed E-state index contributed by atoms with van der Waals surface area (Å²) in [4.78, 5) is 26.1. The summed E-state index contributed by atoms with van der Waals surface area (Å²) >= 11 is 0. The van der Waals surface area contributed by atoms with Gasteiger partial charge in [0.1, 0.15) is 5.60 Å². The van der Waals surface area contributed by atoms with Crippen molar-refractivity contribution in [1.82, 2.24) is 4.98 Å². The van der Waals surface area contributed by atoms with Crippen molar-refractivity contribution >= 4 is 17.9 Å². The average Bonchev–Trinajstić information content (AvgIpc) is 3.23. The molecular formula is C19H28N2O3. The molecule has 0 aromatic carbocycles. The number of hydrogen-bond donors (Lipinski definition) is 1. The summed E-state index contributed by atoms with van der Waals surface area (Å²) in [5.74, 6) is 0.884. The van der Waals surface area contributed by atoms with Crippen LogP contribution in [-0.2, 0) is 14.9 Å². The number of carbonyl (C=O) groups excluding carboxylic acids is 2. The van der Waals surface area contributed by atoms with Crippen LogP contribution in [0, 0.1) is 5.92 Å². The van der Waals surface area contributed by atoms with Gasteiger partial charge in [-0.05, 0) is 45.6 Å². The third-order valence-corrected chi connectivity index (χ3v) is 4.14. The molecule has 1 aliphatic heterocycles. The van der Waals surface area contributed by atoms with Gasteiger partial charge in [0.15, 0.2) is 5.78 Å². The van der Waals surface area contributed by atoms with Crippen LogP contribution in [0.25, 0.3) is 0 Å². The van der Waals surface area contributed by atoms with Crippen molar-refractivity contribution in [2.75, 3.05) is 11.9 Å². The number of hydrogen-bond acceptors (Lipinski definition) is 5. The summed E-state index contributed by atoms with van der Waals surface area (Å²) < 4.78 is 4.55. The first-order valence-electron chi connectivity index (χ1n) is 8.51. The Morgan fingerprint density at radius 3 is 2.58 bits per heavy atom. The van der Waals surface area contributed by atoms with Crippen LogP contribution in [0.3, 0.4) is 0 Å². The normalized spacial score (nSPS) is 17.9. The van der Waals surface area contributed by atoms with Gasteiger partial charge >= 0.3 is 0 Å². The van der Waals surface area contributed by atoms with Gasteiger partial charge in [0.2, 0.25) is 0 Å². The van der Waals surface area contributed by atoms with Crippen molar-refractivity contribution in [1.29, 1.82) is 0 Å². The first-order valence-corrected chi connectivity index (χ1v) is 8.51. The number of nitrogens with zero attached hydrogens (tertiary/aromatic N) is 1. The predicted molar refractivity (Wildman–Crippen MR) is 94.3 cm³/mol. The number of fused-ring (bicyclic) bond motifs is 1. The molecule has 1 saturated carbocycles. The molecular weight excluding hydrogens is 304 g/mol. The molecule has 1 N–H and O–H groups in total. The fraction of sp³-hybridized carbons (Fsp3) is 0.632. The van der Waals surface area contributed by atoms with E-state index in [0.29, 0.717) is 18.8 Å². The van der Waals surface area contributed by atoms with Crippen LogP contribution < -0.4 is 5.32 Å². The van der Waals surface area contributed by atoms with Crippen molar-refractivity contribution in [2.45, 2.75) is 64.9 Å². The molecule has 5 nitrogen and oxygen atoms in total. The Bertz CT molecular complexity index is 614. The fourth-order valence-corrected chi connectivity index (χ4v) is 2.54. The van der Waals surface area contributed by atoms with Crippen LogP contribution in [0.2, 0.25) is 0 Å². The molecule has 1 fully saturated rings. The summed E-state index contributed by atoms with van der Waals surface area (Å²) in [6.45, 7) is 11.2. The zero-order valence-electron chi connectivity index (χ0n) is 15.3. The van der Waals surface area contributed by atoms with Gasteiger partial charge in [-0.15, -0.1) is 0 Å². The number of anilines is 1. The van der Waals surface area contributed by atoms with Crippen molar-refractivity contribution in [2.24, 2.45) is 5.92 Å². The lowest BCUT2D eigenvalue weighted by molar-refractivity contribution is -0.138. The van der Waals surface area contributed by atoms with E-state index in [1.165, 1.54) is 12.8 Å².